The van der Waals surface area contributed by atoms with Crippen molar-refractivity contribution in [3.05, 3.63) is 20.8 Å². The third-order valence-electron chi connectivity index (χ3n) is 2.36. The van der Waals surface area contributed by atoms with Crippen molar-refractivity contribution in [3.8, 4) is 6.07 Å². The lowest BCUT2D eigenvalue weighted by molar-refractivity contribution is -0.390. The van der Waals surface area contributed by atoms with Gasteiger partial charge in [0, 0.05) is 0 Å². The second kappa shape index (κ2) is 5.27. The fourth-order valence-electron chi connectivity index (χ4n) is 1.36. The zero-order chi connectivity index (χ0) is 13.1. The van der Waals surface area contributed by atoms with Gasteiger partial charge in [-0.1, -0.05) is 0 Å². The molecule has 0 aliphatic heterocycles. The van der Waals surface area contributed by atoms with E-state index >= 15 is 0 Å². The topological polar surface area (TPSA) is 84.8 Å². The molecule has 1 aromatic heterocycles. The van der Waals surface area contributed by atoms with Crippen molar-refractivity contribution >= 4 is 21.7 Å². The van der Waals surface area contributed by atoms with E-state index < -0.39 is 4.92 Å². The quantitative estimate of drug-likeness (QED) is 0.618. The summed E-state index contributed by atoms with van der Waals surface area (Å²) in [5, 5.41) is 23.3. The van der Waals surface area contributed by atoms with Crippen molar-refractivity contribution in [2.24, 2.45) is 5.41 Å². The Bertz CT molecular complexity index is 461. The minimum absolute atomic E-state index is 0.176. The smallest absolute Gasteiger partial charge is 0.358 e. The molecular formula is C10H13BrN4O2. The van der Waals surface area contributed by atoms with Gasteiger partial charge in [0.2, 0.25) is 0 Å². The summed E-state index contributed by atoms with van der Waals surface area (Å²) >= 11 is 3.09. The first-order valence-electron chi connectivity index (χ1n) is 5.14. The first-order chi connectivity index (χ1) is 7.85. The van der Waals surface area contributed by atoms with E-state index in [9.17, 15) is 10.1 Å². The van der Waals surface area contributed by atoms with E-state index in [1.165, 1.54) is 4.68 Å². The molecule has 6 nitrogen and oxygen atoms in total. The third-order valence-corrected chi connectivity index (χ3v) is 2.92. The minimum atomic E-state index is -0.528. The molecule has 1 aromatic rings. The maximum absolute atomic E-state index is 10.6. The van der Waals surface area contributed by atoms with Gasteiger partial charge in [-0.3, -0.25) is 0 Å². The van der Waals surface area contributed by atoms with Gasteiger partial charge in [0.25, 0.3) is 0 Å². The molecule has 0 fully saturated rings. The van der Waals surface area contributed by atoms with E-state index in [1.54, 1.807) is 6.20 Å². The molecule has 0 saturated heterocycles. The molecule has 0 unspecified atom stereocenters. The molecule has 17 heavy (non-hydrogen) atoms. The van der Waals surface area contributed by atoms with Crippen LogP contribution in [0.3, 0.4) is 0 Å². The van der Waals surface area contributed by atoms with Gasteiger partial charge in [-0.15, -0.1) is 0 Å². The molecule has 92 valence electrons. The van der Waals surface area contributed by atoms with Crippen molar-refractivity contribution in [3.63, 3.8) is 0 Å². The highest BCUT2D eigenvalue weighted by molar-refractivity contribution is 9.10. The van der Waals surface area contributed by atoms with Crippen LogP contribution in [0.4, 0.5) is 5.82 Å². The second-order valence-corrected chi connectivity index (χ2v) is 5.27. The van der Waals surface area contributed by atoms with Gasteiger partial charge in [-0.2, -0.15) is 9.94 Å². The SMILES string of the molecule is CC(C)(C#N)CCCn1cc(Br)c([N+](=O)[O-])n1. The summed E-state index contributed by atoms with van der Waals surface area (Å²) in [5.74, 6) is -0.176. The number of nitriles is 1. The largest absolute Gasteiger partial charge is 0.404 e. The number of halogens is 1. The lowest BCUT2D eigenvalue weighted by atomic mass is 9.90. The summed E-state index contributed by atoms with van der Waals surface area (Å²) in [5.41, 5.74) is -0.365. The molecular weight excluding hydrogens is 288 g/mol. The summed E-state index contributed by atoms with van der Waals surface area (Å²) < 4.78 is 1.90. The highest BCUT2D eigenvalue weighted by Gasteiger charge is 2.20. The average molecular weight is 301 g/mol. The van der Waals surface area contributed by atoms with Crippen molar-refractivity contribution in [1.29, 1.82) is 5.26 Å². The van der Waals surface area contributed by atoms with Gasteiger partial charge in [0.1, 0.15) is 4.47 Å². The number of rotatable bonds is 5. The van der Waals surface area contributed by atoms with E-state index in [4.69, 9.17) is 5.26 Å². The molecule has 0 aliphatic carbocycles. The molecule has 0 bridgehead atoms. The molecule has 7 heteroatoms. The summed E-state index contributed by atoms with van der Waals surface area (Å²) in [7, 11) is 0. The highest BCUT2D eigenvalue weighted by atomic mass is 79.9. The standard InChI is InChI=1S/C10H13BrN4O2/c1-10(2,7-12)4-3-5-14-6-8(11)9(13-14)15(16)17/h6H,3-5H2,1-2H3. The van der Waals surface area contributed by atoms with Crippen LogP contribution in [0.15, 0.2) is 10.7 Å². The highest BCUT2D eigenvalue weighted by Crippen LogP contribution is 2.24. The molecule has 0 aromatic carbocycles. The Morgan fingerprint density at radius 2 is 2.35 bits per heavy atom. The van der Waals surface area contributed by atoms with E-state index in [0.717, 1.165) is 12.8 Å². The Labute approximate surface area is 108 Å². The normalized spacial score (nSPS) is 11.2. The maximum Gasteiger partial charge on any atom is 0.404 e. The first kappa shape index (κ1) is 13.6. The van der Waals surface area contributed by atoms with Crippen LogP contribution in [0.2, 0.25) is 0 Å². The molecule has 0 saturated carbocycles. The zero-order valence-electron chi connectivity index (χ0n) is 9.68. The molecule has 0 amide bonds. The monoisotopic (exact) mass is 300 g/mol. The lowest BCUT2D eigenvalue weighted by Crippen LogP contribution is -2.10. The zero-order valence-corrected chi connectivity index (χ0v) is 11.3. The van der Waals surface area contributed by atoms with Crippen LogP contribution in [0, 0.1) is 26.9 Å². The van der Waals surface area contributed by atoms with E-state index in [-0.39, 0.29) is 11.2 Å². The van der Waals surface area contributed by atoms with E-state index in [0.29, 0.717) is 11.0 Å². The van der Waals surface area contributed by atoms with Crippen LogP contribution in [0.5, 0.6) is 0 Å². The molecule has 0 N–H and O–H groups in total. The second-order valence-electron chi connectivity index (χ2n) is 4.42. The maximum atomic E-state index is 10.6. The fraction of sp³-hybridized carbons (Fsp3) is 0.600. The molecule has 1 heterocycles. The fourth-order valence-corrected chi connectivity index (χ4v) is 1.82. The number of aryl methyl sites for hydroxylation is 1. The van der Waals surface area contributed by atoms with Gasteiger partial charge in [0.15, 0.2) is 0 Å². The third kappa shape index (κ3) is 3.82. The summed E-state index contributed by atoms with van der Waals surface area (Å²) in [6.45, 7) is 4.31. The Hall–Kier alpha value is -1.42. The van der Waals surface area contributed by atoms with Crippen molar-refractivity contribution in [2.75, 3.05) is 0 Å². The number of nitro groups is 1. The Morgan fingerprint density at radius 1 is 1.71 bits per heavy atom. The summed E-state index contributed by atoms with van der Waals surface area (Å²) in [6.07, 6.45) is 3.07. The lowest BCUT2D eigenvalue weighted by Gasteiger charge is -2.13. The van der Waals surface area contributed by atoms with Crippen LogP contribution >= 0.6 is 15.9 Å². The van der Waals surface area contributed by atoms with Crippen LogP contribution in [-0.4, -0.2) is 14.7 Å². The Kier molecular flexibility index (Phi) is 4.23. The summed E-state index contributed by atoms with van der Waals surface area (Å²) in [4.78, 5) is 10.0. The van der Waals surface area contributed by atoms with Gasteiger partial charge in [-0.05, 0) is 47.5 Å². The van der Waals surface area contributed by atoms with E-state index in [1.807, 2.05) is 13.8 Å². The first-order valence-corrected chi connectivity index (χ1v) is 5.93. The van der Waals surface area contributed by atoms with Gasteiger partial charge in [0.05, 0.1) is 29.3 Å². The van der Waals surface area contributed by atoms with Crippen LogP contribution in [0.1, 0.15) is 26.7 Å². The predicted octanol–water partition coefficient (Wildman–Crippen LogP) is 2.88. The van der Waals surface area contributed by atoms with Gasteiger partial charge < -0.3 is 10.1 Å². The van der Waals surface area contributed by atoms with Crippen LogP contribution in [0.25, 0.3) is 0 Å². The average Bonchev–Trinajstić information content (AvgIpc) is 2.59. The number of hydrogen-bond acceptors (Lipinski definition) is 4. The molecule has 0 aliphatic rings. The van der Waals surface area contributed by atoms with Crippen molar-refractivity contribution < 1.29 is 4.92 Å². The Balaban J connectivity index is 2.57. The number of nitrogens with zero attached hydrogens (tertiary/aromatic N) is 4. The minimum Gasteiger partial charge on any atom is -0.358 e. The Morgan fingerprint density at radius 3 is 2.82 bits per heavy atom. The van der Waals surface area contributed by atoms with Gasteiger partial charge in [-0.25, -0.2) is 0 Å². The molecule has 0 atom stereocenters. The van der Waals surface area contributed by atoms with Crippen molar-refractivity contribution in [1.82, 2.24) is 9.78 Å². The van der Waals surface area contributed by atoms with Crippen LogP contribution in [-0.2, 0) is 6.54 Å². The van der Waals surface area contributed by atoms with Gasteiger partial charge >= 0.3 is 5.82 Å². The molecule has 0 radical (unpaired) electrons. The van der Waals surface area contributed by atoms with E-state index in [2.05, 4.69) is 27.1 Å². The van der Waals surface area contributed by atoms with Crippen molar-refractivity contribution in [2.45, 2.75) is 33.2 Å². The molecule has 1 rings (SSSR count). The summed E-state index contributed by atoms with van der Waals surface area (Å²) in [6, 6.07) is 2.22. The van der Waals surface area contributed by atoms with Crippen LogP contribution < -0.4 is 0 Å². The predicted molar refractivity (Wildman–Crippen MR) is 65.2 cm³/mol. The number of aromatic nitrogens is 2. The molecule has 0 spiro atoms. The number of hydrogen-bond donors (Lipinski definition) is 0.